The summed E-state index contributed by atoms with van der Waals surface area (Å²) in [7, 11) is 0. The van der Waals surface area contributed by atoms with Gasteiger partial charge in [0, 0.05) is 45.3 Å². The Kier molecular flexibility index (Phi) is 10.3. The number of furan rings is 1. The van der Waals surface area contributed by atoms with Gasteiger partial charge in [-0.15, -0.1) is 0 Å². The first-order valence-corrected chi connectivity index (χ1v) is 20.7. The van der Waals surface area contributed by atoms with Gasteiger partial charge < -0.3 is 14.2 Å². The van der Waals surface area contributed by atoms with Gasteiger partial charge in [-0.3, -0.25) is 0 Å². The van der Waals surface area contributed by atoms with Crippen molar-refractivity contribution in [2.45, 2.75) is 0 Å². The van der Waals surface area contributed by atoms with Gasteiger partial charge in [-0.1, -0.05) is 158 Å². The van der Waals surface area contributed by atoms with E-state index in [1.165, 1.54) is 22.3 Å². The average Bonchev–Trinajstić information content (AvgIpc) is 3.85. The maximum atomic E-state index is 6.27. The highest BCUT2D eigenvalue weighted by Gasteiger charge is 2.16. The molecule has 290 valence electrons. The quantitative estimate of drug-likeness (QED) is 0.130. The van der Waals surface area contributed by atoms with Gasteiger partial charge in [0.1, 0.15) is 11.5 Å². The standard InChI is InChI=1S/C58H42N2O/c1-5-13-43(14-6-1)45-21-31-53(32-22-45)60(54-33-23-46(24-34-54)44-15-7-2-8-16-44)55-37-27-48(28-38-55)47-25-35-52(36-26-47)59(51-19-11-4-12-20-51)56-39-29-50(30-40-56)58-42-41-57(61-58)49-17-9-3-10-18-49/h1-42H. The van der Waals surface area contributed by atoms with Crippen LogP contribution in [0.3, 0.4) is 0 Å². The third-order valence-electron chi connectivity index (χ3n) is 11.1. The smallest absolute Gasteiger partial charge is 0.134 e. The molecule has 0 radical (unpaired) electrons. The maximum Gasteiger partial charge on any atom is 0.134 e. The van der Waals surface area contributed by atoms with Gasteiger partial charge in [-0.25, -0.2) is 0 Å². The summed E-state index contributed by atoms with van der Waals surface area (Å²) in [4.78, 5) is 4.62. The largest absolute Gasteiger partial charge is 0.456 e. The van der Waals surface area contributed by atoms with Crippen LogP contribution in [0, 0.1) is 0 Å². The van der Waals surface area contributed by atoms with Crippen LogP contribution in [0.5, 0.6) is 0 Å². The van der Waals surface area contributed by atoms with E-state index in [2.05, 4.69) is 234 Å². The minimum atomic E-state index is 0.845. The second kappa shape index (κ2) is 17.0. The maximum absolute atomic E-state index is 6.27. The fraction of sp³-hybridized carbons (Fsp3) is 0. The van der Waals surface area contributed by atoms with E-state index in [1.54, 1.807) is 0 Å². The number of rotatable bonds is 11. The third kappa shape index (κ3) is 8.01. The zero-order chi connectivity index (χ0) is 40.8. The van der Waals surface area contributed by atoms with E-state index in [1.807, 2.05) is 30.3 Å². The predicted octanol–water partition coefficient (Wildman–Crippen LogP) is 16.6. The number of benzene rings is 9. The zero-order valence-electron chi connectivity index (χ0n) is 33.6. The number of para-hydroxylation sites is 1. The van der Waals surface area contributed by atoms with Crippen LogP contribution in [0.4, 0.5) is 34.1 Å². The van der Waals surface area contributed by atoms with Crippen molar-refractivity contribution < 1.29 is 4.42 Å². The van der Waals surface area contributed by atoms with Crippen molar-refractivity contribution in [3.63, 3.8) is 0 Å². The van der Waals surface area contributed by atoms with E-state index in [0.717, 1.165) is 67.9 Å². The fourth-order valence-electron chi connectivity index (χ4n) is 7.97. The van der Waals surface area contributed by atoms with E-state index >= 15 is 0 Å². The summed E-state index contributed by atoms with van der Waals surface area (Å²) in [6.45, 7) is 0. The molecule has 0 spiro atoms. The molecule has 0 bridgehead atoms. The van der Waals surface area contributed by atoms with Crippen molar-refractivity contribution in [3.05, 3.63) is 255 Å². The molecule has 0 unspecified atom stereocenters. The third-order valence-corrected chi connectivity index (χ3v) is 11.1. The summed E-state index contributed by atoms with van der Waals surface area (Å²) in [5.41, 5.74) is 15.7. The molecule has 1 aromatic heterocycles. The van der Waals surface area contributed by atoms with Crippen molar-refractivity contribution in [3.8, 4) is 56.0 Å². The molecular weight excluding hydrogens is 741 g/mol. The summed E-state index contributed by atoms with van der Waals surface area (Å²) in [6.07, 6.45) is 0. The minimum Gasteiger partial charge on any atom is -0.456 e. The summed E-state index contributed by atoms with van der Waals surface area (Å²) >= 11 is 0. The molecule has 0 aliphatic heterocycles. The van der Waals surface area contributed by atoms with Crippen molar-refractivity contribution in [1.82, 2.24) is 0 Å². The normalized spacial score (nSPS) is 11.0. The molecule has 0 aliphatic rings. The van der Waals surface area contributed by atoms with Crippen LogP contribution >= 0.6 is 0 Å². The monoisotopic (exact) mass is 782 g/mol. The molecule has 0 atom stereocenters. The molecular formula is C58H42N2O. The topological polar surface area (TPSA) is 19.6 Å². The Morgan fingerprint density at radius 3 is 0.705 bits per heavy atom. The zero-order valence-corrected chi connectivity index (χ0v) is 33.6. The van der Waals surface area contributed by atoms with Gasteiger partial charge in [-0.05, 0) is 130 Å². The van der Waals surface area contributed by atoms with E-state index < -0.39 is 0 Å². The Morgan fingerprint density at radius 2 is 0.393 bits per heavy atom. The van der Waals surface area contributed by atoms with Crippen LogP contribution in [0.1, 0.15) is 0 Å². The van der Waals surface area contributed by atoms with Crippen molar-refractivity contribution in [1.29, 1.82) is 0 Å². The second-order valence-corrected chi connectivity index (χ2v) is 15.0. The Bertz CT molecular complexity index is 2860. The summed E-state index contributed by atoms with van der Waals surface area (Å²) in [6, 6.07) is 89.9. The van der Waals surface area contributed by atoms with Crippen LogP contribution in [-0.2, 0) is 0 Å². The lowest BCUT2D eigenvalue weighted by Crippen LogP contribution is -2.10. The first-order valence-electron chi connectivity index (χ1n) is 20.7. The van der Waals surface area contributed by atoms with Crippen molar-refractivity contribution >= 4 is 34.1 Å². The first kappa shape index (κ1) is 37.2. The molecule has 10 rings (SSSR count). The number of hydrogen-bond acceptors (Lipinski definition) is 3. The molecule has 10 aromatic rings. The average molecular weight is 783 g/mol. The second-order valence-electron chi connectivity index (χ2n) is 15.0. The van der Waals surface area contributed by atoms with E-state index in [4.69, 9.17) is 4.42 Å². The summed E-state index contributed by atoms with van der Waals surface area (Å²) < 4.78 is 6.27. The van der Waals surface area contributed by atoms with E-state index in [9.17, 15) is 0 Å². The van der Waals surface area contributed by atoms with Crippen molar-refractivity contribution in [2.75, 3.05) is 9.80 Å². The van der Waals surface area contributed by atoms with Gasteiger partial charge in [0.05, 0.1) is 0 Å². The fourth-order valence-corrected chi connectivity index (χ4v) is 7.97. The van der Waals surface area contributed by atoms with Crippen LogP contribution in [0.15, 0.2) is 259 Å². The lowest BCUT2D eigenvalue weighted by molar-refractivity contribution is 0.597. The van der Waals surface area contributed by atoms with E-state index in [0.29, 0.717) is 0 Å². The molecule has 0 N–H and O–H groups in total. The number of hydrogen-bond donors (Lipinski definition) is 0. The van der Waals surface area contributed by atoms with Crippen LogP contribution < -0.4 is 9.80 Å². The summed E-state index contributed by atoms with van der Waals surface area (Å²) in [5.74, 6) is 1.71. The molecule has 0 saturated heterocycles. The van der Waals surface area contributed by atoms with Gasteiger partial charge >= 0.3 is 0 Å². The molecule has 1 heterocycles. The molecule has 0 aliphatic carbocycles. The Hall–Kier alpha value is -8.14. The Morgan fingerprint density at radius 1 is 0.180 bits per heavy atom. The molecule has 3 nitrogen and oxygen atoms in total. The summed E-state index contributed by atoms with van der Waals surface area (Å²) in [5, 5.41) is 0. The molecule has 0 saturated carbocycles. The molecule has 9 aromatic carbocycles. The van der Waals surface area contributed by atoms with Crippen molar-refractivity contribution in [2.24, 2.45) is 0 Å². The van der Waals surface area contributed by atoms with Crippen LogP contribution in [-0.4, -0.2) is 0 Å². The molecule has 0 amide bonds. The molecule has 3 heteroatoms. The highest BCUT2D eigenvalue weighted by Crippen LogP contribution is 2.40. The van der Waals surface area contributed by atoms with Crippen LogP contribution in [0.25, 0.3) is 56.0 Å². The lowest BCUT2D eigenvalue weighted by Gasteiger charge is -2.26. The first-order chi connectivity index (χ1) is 30.2. The molecule has 61 heavy (non-hydrogen) atoms. The number of anilines is 6. The van der Waals surface area contributed by atoms with E-state index in [-0.39, 0.29) is 0 Å². The van der Waals surface area contributed by atoms with Gasteiger partial charge in [0.2, 0.25) is 0 Å². The number of nitrogens with zero attached hydrogens (tertiary/aromatic N) is 2. The van der Waals surface area contributed by atoms with Gasteiger partial charge in [0.15, 0.2) is 0 Å². The van der Waals surface area contributed by atoms with Gasteiger partial charge in [0.25, 0.3) is 0 Å². The highest BCUT2D eigenvalue weighted by molar-refractivity contribution is 5.83. The molecule has 0 fully saturated rings. The minimum absolute atomic E-state index is 0.845. The highest BCUT2D eigenvalue weighted by atomic mass is 16.3. The lowest BCUT2D eigenvalue weighted by atomic mass is 10.0. The SMILES string of the molecule is c1ccc(-c2ccc(N(c3ccc(-c4ccccc4)cc3)c3ccc(-c4ccc(N(c5ccccc5)c5ccc(-c6ccc(-c7ccccc7)o6)cc5)cc4)cc3)cc2)cc1. The predicted molar refractivity (Wildman–Crippen MR) is 255 cm³/mol. The van der Waals surface area contributed by atoms with Gasteiger partial charge in [-0.2, -0.15) is 0 Å². The Labute approximate surface area is 357 Å². The Balaban J connectivity index is 0.929. The van der Waals surface area contributed by atoms with Crippen LogP contribution in [0.2, 0.25) is 0 Å².